The lowest BCUT2D eigenvalue weighted by molar-refractivity contribution is 1.04. The first-order valence-electron chi connectivity index (χ1n) is 2.70. The van der Waals surface area contributed by atoms with Crippen molar-refractivity contribution in [1.29, 1.82) is 21.0 Å². The second kappa shape index (κ2) is 5.13. The molecule has 12 heavy (non-hydrogen) atoms. The van der Waals surface area contributed by atoms with Gasteiger partial charge < -0.3 is 0 Å². The minimum atomic E-state index is -1.14. The van der Waals surface area contributed by atoms with Crippen LogP contribution < -0.4 is 0 Å². The molecule has 0 aromatic carbocycles. The zero-order valence-corrected chi connectivity index (χ0v) is 7.90. The lowest BCUT2D eigenvalue weighted by Crippen LogP contribution is -1.97. The van der Waals surface area contributed by atoms with Crippen LogP contribution in [0.25, 0.3) is 0 Å². The normalized spacial score (nSPS) is 10.2. The monoisotopic (exact) mass is 268 g/mol. The van der Waals surface area contributed by atoms with Crippen molar-refractivity contribution >= 4 is 22.6 Å². The molecule has 0 aliphatic rings. The average Bonchev–Trinajstić information content (AvgIpc) is 2.12. The van der Waals surface area contributed by atoms with Gasteiger partial charge in [0.05, 0.1) is 23.8 Å². The van der Waals surface area contributed by atoms with Gasteiger partial charge in [-0.2, -0.15) is 21.0 Å². The molecule has 56 valence electrons. The van der Waals surface area contributed by atoms with Gasteiger partial charge >= 0.3 is 0 Å². The van der Waals surface area contributed by atoms with Crippen LogP contribution in [0, 0.1) is 51.2 Å². The highest BCUT2D eigenvalue weighted by molar-refractivity contribution is 14.1. The summed E-state index contributed by atoms with van der Waals surface area (Å²) in [5.74, 6) is -1.14. The molecular weight excluding hydrogens is 267 g/mol. The summed E-state index contributed by atoms with van der Waals surface area (Å²) in [7, 11) is 0. The summed E-state index contributed by atoms with van der Waals surface area (Å²) >= 11 is 1.62. The van der Waals surface area contributed by atoms with Gasteiger partial charge in [0.1, 0.15) is 9.65 Å². The first kappa shape index (κ1) is 10.4. The Kier molecular flexibility index (Phi) is 4.46. The summed E-state index contributed by atoms with van der Waals surface area (Å²) in [5.41, 5.74) is -0.0805. The van der Waals surface area contributed by atoms with Crippen molar-refractivity contribution in [1.82, 2.24) is 0 Å². The Morgan fingerprint density at radius 3 is 1.75 bits per heavy atom. The minimum Gasteiger partial charge on any atom is -0.196 e. The Morgan fingerprint density at radius 2 is 1.50 bits per heavy atom. The van der Waals surface area contributed by atoms with Gasteiger partial charge in [0.15, 0.2) is 5.92 Å². The van der Waals surface area contributed by atoms with Crippen LogP contribution in [0.5, 0.6) is 0 Å². The third-order valence-corrected chi connectivity index (χ3v) is 1.82. The standard InChI is InChI=1S/C7HIN4/c8-7(4-12)6(3-11)5(1-9)2-10/h5H/b7-6+. The third kappa shape index (κ3) is 2.23. The van der Waals surface area contributed by atoms with Crippen molar-refractivity contribution in [2.75, 3.05) is 0 Å². The first-order chi connectivity index (χ1) is 5.71. The van der Waals surface area contributed by atoms with Gasteiger partial charge in [-0.3, -0.25) is 0 Å². The van der Waals surface area contributed by atoms with Crippen LogP contribution in [0.4, 0.5) is 0 Å². The molecule has 0 heterocycles. The van der Waals surface area contributed by atoms with Crippen molar-refractivity contribution in [3.05, 3.63) is 9.15 Å². The zero-order chi connectivity index (χ0) is 9.56. The molecule has 0 amide bonds. The summed E-state index contributed by atoms with van der Waals surface area (Å²) in [6, 6.07) is 6.61. The van der Waals surface area contributed by atoms with E-state index in [0.29, 0.717) is 0 Å². The molecule has 0 aliphatic heterocycles. The average molecular weight is 268 g/mol. The highest BCUT2D eigenvalue weighted by Crippen LogP contribution is 2.18. The molecule has 0 saturated heterocycles. The predicted molar refractivity (Wildman–Crippen MR) is 47.0 cm³/mol. The van der Waals surface area contributed by atoms with Crippen LogP contribution in [-0.2, 0) is 0 Å². The second-order valence-corrected chi connectivity index (χ2v) is 2.72. The fraction of sp³-hybridized carbons (Fsp3) is 0.143. The molecule has 0 N–H and O–H groups in total. The van der Waals surface area contributed by atoms with Crippen LogP contribution in [0.2, 0.25) is 0 Å². The van der Waals surface area contributed by atoms with E-state index in [0.717, 1.165) is 0 Å². The quantitative estimate of drug-likeness (QED) is 0.530. The van der Waals surface area contributed by atoms with E-state index in [9.17, 15) is 0 Å². The van der Waals surface area contributed by atoms with Gasteiger partial charge in [0.25, 0.3) is 0 Å². The van der Waals surface area contributed by atoms with E-state index in [4.69, 9.17) is 21.0 Å². The van der Waals surface area contributed by atoms with Crippen LogP contribution >= 0.6 is 22.6 Å². The number of hydrogen-bond donors (Lipinski definition) is 0. The van der Waals surface area contributed by atoms with E-state index in [1.165, 1.54) is 0 Å². The molecule has 0 aromatic rings. The van der Waals surface area contributed by atoms with Crippen molar-refractivity contribution in [2.45, 2.75) is 0 Å². The molecule has 0 aromatic heterocycles. The Morgan fingerprint density at radius 1 is 1.00 bits per heavy atom. The molecule has 0 fully saturated rings. The molecule has 0 radical (unpaired) electrons. The Bertz CT molecular complexity index is 354. The van der Waals surface area contributed by atoms with Crippen molar-refractivity contribution in [2.24, 2.45) is 5.92 Å². The summed E-state index contributed by atoms with van der Waals surface area (Å²) in [5, 5.41) is 33.7. The zero-order valence-electron chi connectivity index (χ0n) is 5.74. The van der Waals surface area contributed by atoms with Gasteiger partial charge in [0.2, 0.25) is 0 Å². The van der Waals surface area contributed by atoms with E-state index >= 15 is 0 Å². The number of nitriles is 4. The highest BCUT2D eigenvalue weighted by Gasteiger charge is 2.15. The smallest absolute Gasteiger partial charge is 0.169 e. The maximum atomic E-state index is 8.49. The molecule has 4 nitrogen and oxygen atoms in total. The number of halogens is 1. The van der Waals surface area contributed by atoms with Crippen LogP contribution in [0.1, 0.15) is 0 Å². The number of rotatable bonds is 1. The van der Waals surface area contributed by atoms with E-state index in [1.54, 1.807) is 46.9 Å². The maximum Gasteiger partial charge on any atom is 0.169 e. The predicted octanol–water partition coefficient (Wildman–Crippen LogP) is 1.39. The van der Waals surface area contributed by atoms with E-state index in [2.05, 4.69) is 0 Å². The lowest BCUT2D eigenvalue weighted by Gasteiger charge is -1.94. The molecule has 0 aliphatic carbocycles. The van der Waals surface area contributed by atoms with Crippen molar-refractivity contribution in [3.63, 3.8) is 0 Å². The summed E-state index contributed by atoms with van der Waals surface area (Å²) in [6.45, 7) is 0. The Balaban J connectivity index is 5.17. The van der Waals surface area contributed by atoms with E-state index < -0.39 is 5.92 Å². The van der Waals surface area contributed by atoms with Crippen molar-refractivity contribution < 1.29 is 0 Å². The maximum absolute atomic E-state index is 8.49. The Labute approximate surface area is 83.1 Å². The topological polar surface area (TPSA) is 95.2 Å². The summed E-state index contributed by atoms with van der Waals surface area (Å²) in [6.07, 6.45) is 0. The summed E-state index contributed by atoms with van der Waals surface area (Å²) in [4.78, 5) is 0. The molecule has 0 spiro atoms. The highest BCUT2D eigenvalue weighted by atomic mass is 127. The molecule has 0 unspecified atom stereocenters. The third-order valence-electron chi connectivity index (χ3n) is 1.00. The Hall–Kier alpha value is -1.57. The van der Waals surface area contributed by atoms with Gasteiger partial charge in [-0.05, 0) is 22.6 Å². The fourth-order valence-electron chi connectivity index (χ4n) is 0.459. The molecule has 5 heteroatoms. The molecular formula is C7HIN4. The first-order valence-corrected chi connectivity index (χ1v) is 3.78. The van der Waals surface area contributed by atoms with Crippen LogP contribution in [0.3, 0.4) is 0 Å². The largest absolute Gasteiger partial charge is 0.196 e. The van der Waals surface area contributed by atoms with Gasteiger partial charge in [-0.15, -0.1) is 0 Å². The second-order valence-electron chi connectivity index (χ2n) is 1.64. The van der Waals surface area contributed by atoms with Crippen molar-refractivity contribution in [3.8, 4) is 24.3 Å². The molecule has 0 rings (SSSR count). The van der Waals surface area contributed by atoms with Gasteiger partial charge in [-0.1, -0.05) is 0 Å². The minimum absolute atomic E-state index is 0.0805. The van der Waals surface area contributed by atoms with Gasteiger partial charge in [0, 0.05) is 0 Å². The van der Waals surface area contributed by atoms with E-state index in [1.807, 2.05) is 0 Å². The number of allylic oxidation sites excluding steroid dienone is 2. The van der Waals surface area contributed by atoms with Crippen LogP contribution in [-0.4, -0.2) is 0 Å². The van der Waals surface area contributed by atoms with E-state index in [-0.39, 0.29) is 9.15 Å². The number of hydrogen-bond acceptors (Lipinski definition) is 4. The summed E-state index contributed by atoms with van der Waals surface area (Å²) < 4.78 is 0.0863. The van der Waals surface area contributed by atoms with Crippen LogP contribution in [0.15, 0.2) is 9.15 Å². The molecule has 0 bridgehead atoms. The lowest BCUT2D eigenvalue weighted by atomic mass is 10.0. The SMILES string of the molecule is N#C/C(I)=C(/C#N)C(C#N)C#N. The number of nitrogens with zero attached hydrogens (tertiary/aromatic N) is 4. The van der Waals surface area contributed by atoms with Gasteiger partial charge in [-0.25, -0.2) is 0 Å². The molecule has 0 saturated carbocycles. The fourth-order valence-corrected chi connectivity index (χ4v) is 0.891. The molecule has 0 atom stereocenters.